The number of nitrogens with two attached hydrogens (primary N) is 1. The fourth-order valence-corrected chi connectivity index (χ4v) is 2.21. The Morgan fingerprint density at radius 2 is 2.05 bits per heavy atom. The summed E-state index contributed by atoms with van der Waals surface area (Å²) in [4.78, 5) is 0. The van der Waals surface area contributed by atoms with E-state index < -0.39 is 0 Å². The van der Waals surface area contributed by atoms with E-state index in [0.29, 0.717) is 23.7 Å². The van der Waals surface area contributed by atoms with Crippen molar-refractivity contribution in [3.05, 3.63) is 41.5 Å². The van der Waals surface area contributed by atoms with Crippen LogP contribution in [0.1, 0.15) is 31.4 Å². The van der Waals surface area contributed by atoms with Crippen molar-refractivity contribution >= 4 is 11.6 Å². The lowest BCUT2D eigenvalue weighted by Gasteiger charge is -2.06. The molecule has 1 aromatic carbocycles. The highest BCUT2D eigenvalue weighted by Crippen LogP contribution is 2.21. The quantitative estimate of drug-likeness (QED) is 0.854. The van der Waals surface area contributed by atoms with Crippen LogP contribution in [0.15, 0.2) is 30.3 Å². The van der Waals surface area contributed by atoms with Crippen molar-refractivity contribution in [3.63, 3.8) is 0 Å². The van der Waals surface area contributed by atoms with E-state index in [-0.39, 0.29) is 6.04 Å². The molecule has 1 heterocycles. The van der Waals surface area contributed by atoms with Crippen LogP contribution < -0.4 is 11.1 Å². The van der Waals surface area contributed by atoms with Gasteiger partial charge in [0.2, 0.25) is 0 Å². The zero-order chi connectivity index (χ0) is 15.2. The average Bonchev–Trinajstić information content (AvgIpc) is 2.75. The van der Waals surface area contributed by atoms with Gasteiger partial charge in [-0.25, -0.2) is 4.68 Å². The van der Waals surface area contributed by atoms with E-state index in [0.717, 1.165) is 12.8 Å². The van der Waals surface area contributed by atoms with Crippen LogP contribution in [0.2, 0.25) is 0 Å². The molecule has 2 aromatic rings. The summed E-state index contributed by atoms with van der Waals surface area (Å²) in [6.45, 7) is 4.71. The normalized spacial score (nSPS) is 10.6. The third-order valence-corrected chi connectivity index (χ3v) is 3.21. The Labute approximate surface area is 125 Å². The first-order chi connectivity index (χ1) is 10.1. The van der Waals surface area contributed by atoms with Gasteiger partial charge in [0.1, 0.15) is 17.5 Å². The first-order valence-corrected chi connectivity index (χ1v) is 7.18. The predicted octanol–water partition coefficient (Wildman–Crippen LogP) is 2.79. The molecule has 0 aliphatic carbocycles. The lowest BCUT2D eigenvalue weighted by Crippen LogP contribution is -2.11. The molecule has 0 saturated carbocycles. The molecule has 0 bridgehead atoms. The van der Waals surface area contributed by atoms with Crippen molar-refractivity contribution in [3.8, 4) is 6.07 Å². The fourth-order valence-electron chi connectivity index (χ4n) is 2.21. The number of benzene rings is 1. The molecule has 0 radical (unpaired) electrons. The Balaban J connectivity index is 2.03. The second-order valence-electron chi connectivity index (χ2n) is 5.33. The van der Waals surface area contributed by atoms with Crippen LogP contribution in [-0.4, -0.2) is 15.8 Å². The van der Waals surface area contributed by atoms with E-state index in [2.05, 4.69) is 28.6 Å². The smallest absolute Gasteiger partial charge is 0.168 e. The van der Waals surface area contributed by atoms with Gasteiger partial charge in [0.25, 0.3) is 0 Å². The van der Waals surface area contributed by atoms with Crippen molar-refractivity contribution in [2.45, 2.75) is 39.3 Å². The largest absolute Gasteiger partial charge is 0.383 e. The molecule has 5 heteroatoms. The first-order valence-electron chi connectivity index (χ1n) is 7.18. The third-order valence-electron chi connectivity index (χ3n) is 3.21. The lowest BCUT2D eigenvalue weighted by molar-refractivity contribution is 0.587. The zero-order valence-electron chi connectivity index (χ0n) is 12.5. The van der Waals surface area contributed by atoms with E-state index in [1.54, 1.807) is 4.68 Å². The number of nitrogen functional groups attached to an aromatic ring is 1. The Morgan fingerprint density at radius 3 is 2.67 bits per heavy atom. The van der Waals surface area contributed by atoms with Crippen molar-refractivity contribution < 1.29 is 0 Å². The van der Waals surface area contributed by atoms with Crippen LogP contribution >= 0.6 is 0 Å². The number of nitrogens with one attached hydrogen (secondary N) is 1. The Morgan fingerprint density at radius 1 is 1.33 bits per heavy atom. The highest BCUT2D eigenvalue weighted by molar-refractivity contribution is 5.63. The molecule has 1 aromatic heterocycles. The van der Waals surface area contributed by atoms with Gasteiger partial charge in [0, 0.05) is 12.6 Å². The van der Waals surface area contributed by atoms with Gasteiger partial charge in [-0.2, -0.15) is 10.4 Å². The lowest BCUT2D eigenvalue weighted by atomic mass is 10.1. The minimum absolute atomic E-state index is 0.212. The Hall–Kier alpha value is -2.48. The van der Waals surface area contributed by atoms with Crippen LogP contribution in [-0.2, 0) is 13.0 Å². The SMILES string of the molecule is CC(C)Nc1nn(CCCc2ccccc2)c(N)c1C#N. The molecule has 21 heavy (non-hydrogen) atoms. The van der Waals surface area contributed by atoms with Crippen LogP contribution in [0.3, 0.4) is 0 Å². The van der Waals surface area contributed by atoms with Gasteiger partial charge < -0.3 is 11.1 Å². The highest BCUT2D eigenvalue weighted by Gasteiger charge is 2.15. The number of hydrogen-bond acceptors (Lipinski definition) is 4. The van der Waals surface area contributed by atoms with Crippen LogP contribution in [0.4, 0.5) is 11.6 Å². The molecule has 2 rings (SSSR count). The number of hydrogen-bond donors (Lipinski definition) is 2. The van der Waals surface area contributed by atoms with Gasteiger partial charge in [0.05, 0.1) is 0 Å². The summed E-state index contributed by atoms with van der Waals surface area (Å²) in [5, 5.41) is 16.8. The summed E-state index contributed by atoms with van der Waals surface area (Å²) in [5.41, 5.74) is 7.74. The van der Waals surface area contributed by atoms with Gasteiger partial charge in [-0.15, -0.1) is 0 Å². The summed E-state index contributed by atoms with van der Waals surface area (Å²) >= 11 is 0. The predicted molar refractivity (Wildman–Crippen MR) is 84.9 cm³/mol. The zero-order valence-corrected chi connectivity index (χ0v) is 12.5. The maximum atomic E-state index is 9.21. The summed E-state index contributed by atoms with van der Waals surface area (Å²) < 4.78 is 1.71. The van der Waals surface area contributed by atoms with E-state index in [1.807, 2.05) is 32.0 Å². The molecular weight excluding hydrogens is 262 g/mol. The maximum absolute atomic E-state index is 9.21. The third kappa shape index (κ3) is 3.76. The van der Waals surface area contributed by atoms with E-state index in [4.69, 9.17) is 5.73 Å². The van der Waals surface area contributed by atoms with Crippen molar-refractivity contribution in [1.82, 2.24) is 9.78 Å². The van der Waals surface area contributed by atoms with Crippen LogP contribution in [0.5, 0.6) is 0 Å². The van der Waals surface area contributed by atoms with Crippen molar-refractivity contribution in [1.29, 1.82) is 5.26 Å². The molecule has 0 aliphatic rings. The summed E-state index contributed by atoms with van der Waals surface area (Å²) in [7, 11) is 0. The van der Waals surface area contributed by atoms with E-state index in [1.165, 1.54) is 5.56 Å². The van der Waals surface area contributed by atoms with Gasteiger partial charge in [-0.05, 0) is 32.3 Å². The molecule has 0 atom stereocenters. The van der Waals surface area contributed by atoms with Crippen LogP contribution in [0, 0.1) is 11.3 Å². The van der Waals surface area contributed by atoms with E-state index >= 15 is 0 Å². The molecule has 0 aliphatic heterocycles. The standard InChI is InChI=1S/C16H21N5/c1-12(2)19-16-14(11-17)15(18)21(20-16)10-6-9-13-7-4-3-5-8-13/h3-5,7-8,12H,6,9-10,18H2,1-2H3,(H,19,20). The van der Waals surface area contributed by atoms with Gasteiger partial charge in [-0.3, -0.25) is 0 Å². The second kappa shape index (κ2) is 6.80. The number of aromatic nitrogens is 2. The molecule has 0 unspecified atom stereocenters. The molecule has 5 nitrogen and oxygen atoms in total. The summed E-state index contributed by atoms with van der Waals surface area (Å²) in [5.74, 6) is 1.01. The Kier molecular flexibility index (Phi) is 4.83. The topological polar surface area (TPSA) is 79.7 Å². The minimum Gasteiger partial charge on any atom is -0.383 e. The Bertz CT molecular complexity index is 622. The average molecular weight is 283 g/mol. The highest BCUT2D eigenvalue weighted by atomic mass is 15.3. The number of nitrogens with zero attached hydrogens (tertiary/aromatic N) is 3. The molecule has 0 fully saturated rings. The number of rotatable bonds is 6. The number of anilines is 2. The molecule has 0 saturated heterocycles. The van der Waals surface area contributed by atoms with Crippen molar-refractivity contribution in [2.75, 3.05) is 11.1 Å². The monoisotopic (exact) mass is 283 g/mol. The maximum Gasteiger partial charge on any atom is 0.168 e. The molecular formula is C16H21N5. The molecule has 0 amide bonds. The van der Waals surface area contributed by atoms with Gasteiger partial charge in [-0.1, -0.05) is 30.3 Å². The second-order valence-corrected chi connectivity index (χ2v) is 5.33. The first kappa shape index (κ1) is 14.9. The molecule has 0 spiro atoms. The van der Waals surface area contributed by atoms with Crippen LogP contribution in [0.25, 0.3) is 0 Å². The van der Waals surface area contributed by atoms with Gasteiger partial charge in [0.15, 0.2) is 5.82 Å². The molecule has 110 valence electrons. The van der Waals surface area contributed by atoms with Crippen molar-refractivity contribution in [2.24, 2.45) is 0 Å². The summed E-state index contributed by atoms with van der Waals surface area (Å²) in [6, 6.07) is 12.6. The summed E-state index contributed by atoms with van der Waals surface area (Å²) in [6.07, 6.45) is 1.90. The van der Waals surface area contributed by atoms with Gasteiger partial charge >= 0.3 is 0 Å². The minimum atomic E-state index is 0.212. The number of aryl methyl sites for hydroxylation is 2. The fraction of sp³-hybridized carbons (Fsp3) is 0.375. The van der Waals surface area contributed by atoms with E-state index in [9.17, 15) is 5.26 Å². The molecule has 3 N–H and O–H groups in total. The number of nitriles is 1.